The highest BCUT2D eigenvalue weighted by Gasteiger charge is 2.48. The summed E-state index contributed by atoms with van der Waals surface area (Å²) in [6, 6.07) is 2.48. The van der Waals surface area contributed by atoms with Gasteiger partial charge in [0.1, 0.15) is 29.4 Å². The van der Waals surface area contributed by atoms with Crippen molar-refractivity contribution in [1.29, 1.82) is 0 Å². The summed E-state index contributed by atoms with van der Waals surface area (Å²) in [5.41, 5.74) is 0.525. The van der Waals surface area contributed by atoms with Gasteiger partial charge in [-0.15, -0.1) is 0 Å². The third kappa shape index (κ3) is 6.77. The highest BCUT2D eigenvalue weighted by molar-refractivity contribution is 6.01. The fourth-order valence-corrected chi connectivity index (χ4v) is 4.25. The lowest BCUT2D eigenvalue weighted by atomic mass is 10.0. The Labute approximate surface area is 230 Å². The summed E-state index contributed by atoms with van der Waals surface area (Å²) in [6.45, 7) is 0.922. The number of hydrogen-bond acceptors (Lipinski definition) is 8. The molecule has 0 radical (unpaired) electrons. The molecule has 4 amide bonds. The molecule has 1 fully saturated rings. The van der Waals surface area contributed by atoms with E-state index in [1.54, 1.807) is 6.92 Å². The number of anilines is 1. The van der Waals surface area contributed by atoms with Gasteiger partial charge in [-0.1, -0.05) is 24.2 Å². The molecule has 3 aromatic rings. The SMILES string of the molecule is CCc1nonc1C(=O)N[C@H](C(=O)Nc1cc([C@@H](COC)N2C[C@@H](C(F)(F)F)NC2=O)ccn1)c1cccc(F)c1. The van der Waals surface area contributed by atoms with Crippen LogP contribution in [0.25, 0.3) is 0 Å². The van der Waals surface area contributed by atoms with Gasteiger partial charge in [0.15, 0.2) is 5.69 Å². The molecule has 1 aromatic carbocycles. The van der Waals surface area contributed by atoms with Gasteiger partial charge in [-0.25, -0.2) is 18.8 Å². The van der Waals surface area contributed by atoms with E-state index >= 15 is 0 Å². The average molecular weight is 580 g/mol. The van der Waals surface area contributed by atoms with Crippen LogP contribution < -0.4 is 16.0 Å². The zero-order valence-corrected chi connectivity index (χ0v) is 21.7. The normalized spacial score (nSPS) is 16.7. The number of pyridine rings is 1. The minimum atomic E-state index is -4.64. The van der Waals surface area contributed by atoms with Crippen LogP contribution in [0.2, 0.25) is 0 Å². The highest BCUT2D eigenvalue weighted by Crippen LogP contribution is 2.31. The summed E-state index contributed by atoms with van der Waals surface area (Å²) < 4.78 is 63.5. The van der Waals surface area contributed by atoms with Gasteiger partial charge in [-0.05, 0) is 47.0 Å². The van der Waals surface area contributed by atoms with E-state index in [0.717, 1.165) is 17.0 Å². The number of nitrogens with one attached hydrogen (secondary N) is 3. The van der Waals surface area contributed by atoms with E-state index in [-0.39, 0.29) is 29.4 Å². The Balaban J connectivity index is 1.59. The molecule has 16 heteroatoms. The first-order valence-electron chi connectivity index (χ1n) is 12.3. The number of alkyl halides is 3. The first kappa shape index (κ1) is 29.4. The number of carbonyl (C=O) groups excluding carboxylic acids is 3. The van der Waals surface area contributed by atoms with Crippen molar-refractivity contribution in [2.45, 2.75) is 37.6 Å². The minimum absolute atomic E-state index is 0.0476. The Bertz CT molecular complexity index is 1420. The molecule has 218 valence electrons. The number of halogens is 4. The summed E-state index contributed by atoms with van der Waals surface area (Å²) in [4.78, 5) is 43.7. The second-order valence-corrected chi connectivity index (χ2v) is 9.01. The quantitative estimate of drug-likeness (QED) is 0.310. The Morgan fingerprint density at radius 3 is 2.66 bits per heavy atom. The molecule has 0 unspecified atom stereocenters. The van der Waals surface area contributed by atoms with Gasteiger partial charge in [-0.3, -0.25) is 9.59 Å². The molecule has 0 bridgehead atoms. The Kier molecular flexibility index (Phi) is 8.80. The summed E-state index contributed by atoms with van der Waals surface area (Å²) >= 11 is 0. The van der Waals surface area contributed by atoms with Crippen LogP contribution in [0.15, 0.2) is 47.2 Å². The second kappa shape index (κ2) is 12.3. The zero-order chi connectivity index (χ0) is 29.7. The molecule has 12 nitrogen and oxygen atoms in total. The monoisotopic (exact) mass is 579 g/mol. The van der Waals surface area contributed by atoms with E-state index in [9.17, 15) is 31.9 Å². The summed E-state index contributed by atoms with van der Waals surface area (Å²) in [5, 5.41) is 14.1. The number of hydrogen-bond donors (Lipinski definition) is 3. The number of urea groups is 1. The number of benzene rings is 1. The number of nitrogens with zero attached hydrogens (tertiary/aromatic N) is 4. The number of methoxy groups -OCH3 is 1. The molecular weight excluding hydrogens is 554 g/mol. The fraction of sp³-hybridized carbons (Fsp3) is 0.360. The number of rotatable bonds is 10. The lowest BCUT2D eigenvalue weighted by Gasteiger charge is -2.27. The van der Waals surface area contributed by atoms with Crippen LogP contribution in [0, 0.1) is 5.82 Å². The number of ether oxygens (including phenoxy) is 1. The molecule has 1 aliphatic rings. The van der Waals surface area contributed by atoms with Crippen molar-refractivity contribution in [3.05, 3.63) is 70.9 Å². The lowest BCUT2D eigenvalue weighted by Crippen LogP contribution is -2.40. The van der Waals surface area contributed by atoms with Crippen molar-refractivity contribution in [1.82, 2.24) is 30.8 Å². The number of amides is 4. The van der Waals surface area contributed by atoms with Crippen LogP contribution >= 0.6 is 0 Å². The van der Waals surface area contributed by atoms with Gasteiger partial charge >= 0.3 is 12.2 Å². The second-order valence-electron chi connectivity index (χ2n) is 9.01. The number of carbonyl (C=O) groups is 3. The fourth-order valence-electron chi connectivity index (χ4n) is 4.25. The highest BCUT2D eigenvalue weighted by atomic mass is 19.4. The third-order valence-electron chi connectivity index (χ3n) is 6.28. The lowest BCUT2D eigenvalue weighted by molar-refractivity contribution is -0.150. The van der Waals surface area contributed by atoms with Gasteiger partial charge < -0.3 is 25.6 Å². The van der Waals surface area contributed by atoms with Crippen molar-refractivity contribution < 1.29 is 41.3 Å². The summed E-state index contributed by atoms with van der Waals surface area (Å²) in [6.07, 6.45) is -3.04. The van der Waals surface area contributed by atoms with Crippen molar-refractivity contribution in [3.8, 4) is 0 Å². The van der Waals surface area contributed by atoms with Gasteiger partial charge in [0, 0.05) is 13.3 Å². The van der Waals surface area contributed by atoms with E-state index in [2.05, 4.69) is 30.6 Å². The van der Waals surface area contributed by atoms with Crippen molar-refractivity contribution in [3.63, 3.8) is 0 Å². The number of aryl methyl sites for hydroxylation is 1. The molecule has 41 heavy (non-hydrogen) atoms. The smallest absolute Gasteiger partial charge is 0.382 e. The zero-order valence-electron chi connectivity index (χ0n) is 21.7. The molecule has 4 rings (SSSR count). The maximum atomic E-state index is 14.0. The predicted molar refractivity (Wildman–Crippen MR) is 133 cm³/mol. The molecule has 1 aliphatic heterocycles. The maximum absolute atomic E-state index is 14.0. The Morgan fingerprint density at radius 2 is 2.00 bits per heavy atom. The average Bonchev–Trinajstić information content (AvgIpc) is 3.57. The first-order chi connectivity index (χ1) is 19.5. The van der Waals surface area contributed by atoms with E-state index in [4.69, 9.17) is 4.74 Å². The number of aromatic nitrogens is 3. The van der Waals surface area contributed by atoms with Crippen LogP contribution in [-0.2, 0) is 16.0 Å². The largest absolute Gasteiger partial charge is 0.410 e. The molecule has 3 heterocycles. The summed E-state index contributed by atoms with van der Waals surface area (Å²) in [5.74, 6) is -2.32. The van der Waals surface area contributed by atoms with Crippen LogP contribution in [0.3, 0.4) is 0 Å². The van der Waals surface area contributed by atoms with Gasteiger partial charge in [0.2, 0.25) is 0 Å². The maximum Gasteiger partial charge on any atom is 0.410 e. The van der Waals surface area contributed by atoms with Gasteiger partial charge in [0.05, 0.1) is 19.2 Å². The van der Waals surface area contributed by atoms with Crippen molar-refractivity contribution in [2.75, 3.05) is 25.6 Å². The van der Waals surface area contributed by atoms with E-state index in [1.165, 1.54) is 37.6 Å². The first-order valence-corrected chi connectivity index (χ1v) is 12.3. The molecular formula is C25H25F4N7O5. The van der Waals surface area contributed by atoms with Crippen molar-refractivity contribution >= 4 is 23.7 Å². The molecule has 0 spiro atoms. The Hall–Kier alpha value is -4.60. The molecule has 0 saturated carbocycles. The van der Waals surface area contributed by atoms with Crippen LogP contribution in [0.1, 0.15) is 46.3 Å². The molecule has 2 aromatic heterocycles. The molecule has 3 N–H and O–H groups in total. The van der Waals surface area contributed by atoms with E-state index in [1.807, 2.05) is 5.32 Å². The standard InChI is InChI=1S/C25H25F4N7O5/c1-3-16-21(35-41-34-16)23(38)33-20(14-5-4-6-15(26)9-14)22(37)32-19-10-13(7-8-30-19)17(12-40-2)36-11-18(25(27,28)29)31-24(36)39/h4-10,17-18,20H,3,11-12H2,1-2H3,(H,31,39)(H,33,38)(H,30,32,37)/t17-,18+,20+/m1/s1. The molecule has 1 saturated heterocycles. The minimum Gasteiger partial charge on any atom is -0.382 e. The molecule has 0 aliphatic carbocycles. The van der Waals surface area contributed by atoms with Crippen LogP contribution in [-0.4, -0.2) is 70.5 Å². The van der Waals surface area contributed by atoms with Crippen LogP contribution in [0.5, 0.6) is 0 Å². The van der Waals surface area contributed by atoms with Crippen molar-refractivity contribution in [2.24, 2.45) is 0 Å². The topological polar surface area (TPSA) is 152 Å². The van der Waals surface area contributed by atoms with Crippen LogP contribution in [0.4, 0.5) is 28.2 Å². The molecule has 3 atom stereocenters. The van der Waals surface area contributed by atoms with E-state index < -0.39 is 54.5 Å². The third-order valence-corrected chi connectivity index (χ3v) is 6.28. The summed E-state index contributed by atoms with van der Waals surface area (Å²) in [7, 11) is 1.33. The van der Waals surface area contributed by atoms with Gasteiger partial charge in [-0.2, -0.15) is 13.2 Å². The Morgan fingerprint density at radius 1 is 1.22 bits per heavy atom. The van der Waals surface area contributed by atoms with E-state index in [0.29, 0.717) is 12.0 Å². The predicted octanol–water partition coefficient (Wildman–Crippen LogP) is 2.92. The van der Waals surface area contributed by atoms with Gasteiger partial charge in [0.25, 0.3) is 11.8 Å².